The Bertz CT molecular complexity index is 343. The van der Waals surface area contributed by atoms with E-state index in [1.807, 2.05) is 6.92 Å². The summed E-state index contributed by atoms with van der Waals surface area (Å²) in [7, 11) is -2.89. The zero-order chi connectivity index (χ0) is 14.3. The zero-order valence-electron chi connectivity index (χ0n) is 12.3. The molecule has 0 heterocycles. The maximum Gasteiger partial charge on any atom is 0.151 e. The van der Waals surface area contributed by atoms with E-state index in [1.54, 1.807) is 6.92 Å². The summed E-state index contributed by atoms with van der Waals surface area (Å²) in [5.74, 6) is 0.883. The summed E-state index contributed by atoms with van der Waals surface area (Å²) in [6.45, 7) is 4.44. The molecule has 3 atom stereocenters. The molecule has 1 aliphatic rings. The van der Waals surface area contributed by atoms with E-state index in [1.165, 1.54) is 6.42 Å². The first-order valence-electron chi connectivity index (χ1n) is 7.56. The van der Waals surface area contributed by atoms with Crippen LogP contribution in [0.5, 0.6) is 0 Å². The molecule has 1 rings (SSSR count). The van der Waals surface area contributed by atoms with E-state index in [4.69, 9.17) is 0 Å². The first-order chi connectivity index (χ1) is 8.94. The predicted molar refractivity (Wildman–Crippen MR) is 79.0 cm³/mol. The third-order valence-electron chi connectivity index (χ3n) is 4.06. The van der Waals surface area contributed by atoms with E-state index in [-0.39, 0.29) is 23.7 Å². The smallest absolute Gasteiger partial charge is 0.151 e. The van der Waals surface area contributed by atoms with Gasteiger partial charge in [-0.3, -0.25) is 0 Å². The van der Waals surface area contributed by atoms with Gasteiger partial charge in [0, 0.05) is 11.8 Å². The van der Waals surface area contributed by atoms with Crippen molar-refractivity contribution >= 4 is 9.84 Å². The molecular formula is C14H29NO3S. The SMILES string of the molecule is CCS(=O)(=O)CC(C)NCCCC1CCCCC1O. The van der Waals surface area contributed by atoms with Crippen molar-refractivity contribution in [1.82, 2.24) is 5.32 Å². The van der Waals surface area contributed by atoms with E-state index in [9.17, 15) is 13.5 Å². The minimum Gasteiger partial charge on any atom is -0.393 e. The number of aliphatic hydroxyl groups excluding tert-OH is 1. The number of rotatable bonds is 8. The molecule has 1 aliphatic carbocycles. The van der Waals surface area contributed by atoms with Crippen LogP contribution in [0.15, 0.2) is 0 Å². The van der Waals surface area contributed by atoms with Crippen LogP contribution in [0, 0.1) is 5.92 Å². The fraction of sp³-hybridized carbons (Fsp3) is 1.00. The molecule has 0 aromatic carbocycles. The van der Waals surface area contributed by atoms with Crippen molar-refractivity contribution in [3.8, 4) is 0 Å². The van der Waals surface area contributed by atoms with Gasteiger partial charge in [0.1, 0.15) is 0 Å². The minimum absolute atomic E-state index is 0.0150. The van der Waals surface area contributed by atoms with Gasteiger partial charge in [-0.05, 0) is 45.1 Å². The molecule has 0 aromatic rings. The van der Waals surface area contributed by atoms with E-state index in [0.29, 0.717) is 5.92 Å². The molecule has 4 nitrogen and oxygen atoms in total. The Kier molecular flexibility index (Phi) is 7.32. The first kappa shape index (κ1) is 16.9. The highest BCUT2D eigenvalue weighted by atomic mass is 32.2. The summed E-state index contributed by atoms with van der Waals surface area (Å²) in [6, 6.07) is 0.0150. The van der Waals surface area contributed by atoms with Crippen molar-refractivity contribution in [2.45, 2.75) is 64.5 Å². The van der Waals surface area contributed by atoms with Gasteiger partial charge >= 0.3 is 0 Å². The Morgan fingerprint density at radius 2 is 2.00 bits per heavy atom. The molecule has 1 fully saturated rings. The van der Waals surface area contributed by atoms with Crippen LogP contribution in [-0.2, 0) is 9.84 Å². The maximum atomic E-state index is 11.5. The summed E-state index contributed by atoms with van der Waals surface area (Å²) in [5, 5.41) is 13.1. The van der Waals surface area contributed by atoms with Gasteiger partial charge in [0.05, 0.1) is 11.9 Å². The molecular weight excluding hydrogens is 262 g/mol. The van der Waals surface area contributed by atoms with Crippen molar-refractivity contribution in [3.05, 3.63) is 0 Å². The van der Waals surface area contributed by atoms with E-state index >= 15 is 0 Å². The van der Waals surface area contributed by atoms with Crippen molar-refractivity contribution in [2.24, 2.45) is 5.92 Å². The lowest BCUT2D eigenvalue weighted by molar-refractivity contribution is 0.0642. The largest absolute Gasteiger partial charge is 0.393 e. The van der Waals surface area contributed by atoms with Crippen molar-refractivity contribution < 1.29 is 13.5 Å². The van der Waals surface area contributed by atoms with Crippen LogP contribution in [0.25, 0.3) is 0 Å². The molecule has 0 aromatic heterocycles. The zero-order valence-corrected chi connectivity index (χ0v) is 13.1. The maximum absolute atomic E-state index is 11.5. The predicted octanol–water partition coefficient (Wildman–Crippen LogP) is 1.73. The molecule has 3 unspecified atom stereocenters. The van der Waals surface area contributed by atoms with Gasteiger partial charge in [-0.2, -0.15) is 0 Å². The Morgan fingerprint density at radius 3 is 2.63 bits per heavy atom. The van der Waals surface area contributed by atoms with Crippen molar-refractivity contribution in [3.63, 3.8) is 0 Å². The number of aliphatic hydroxyl groups is 1. The monoisotopic (exact) mass is 291 g/mol. The average molecular weight is 291 g/mol. The lowest BCUT2D eigenvalue weighted by Gasteiger charge is -2.27. The standard InChI is InChI=1S/C14H29NO3S/c1-3-19(17,18)11-12(2)15-10-6-8-13-7-4-5-9-14(13)16/h12-16H,3-11H2,1-2H3. The molecule has 0 bridgehead atoms. The molecule has 19 heavy (non-hydrogen) atoms. The summed E-state index contributed by atoms with van der Waals surface area (Å²) in [4.78, 5) is 0. The van der Waals surface area contributed by atoms with Crippen LogP contribution >= 0.6 is 0 Å². The lowest BCUT2D eigenvalue weighted by Crippen LogP contribution is -2.34. The first-order valence-corrected chi connectivity index (χ1v) is 9.38. The molecule has 0 aliphatic heterocycles. The number of nitrogens with one attached hydrogen (secondary N) is 1. The van der Waals surface area contributed by atoms with E-state index in [0.717, 1.165) is 38.6 Å². The summed E-state index contributed by atoms with van der Waals surface area (Å²) in [5.41, 5.74) is 0. The fourth-order valence-corrected chi connectivity index (χ4v) is 3.91. The van der Waals surface area contributed by atoms with E-state index in [2.05, 4.69) is 5.32 Å². The normalized spacial score (nSPS) is 26.3. The summed E-state index contributed by atoms with van der Waals surface area (Å²) < 4.78 is 22.9. The Hall–Kier alpha value is -0.130. The molecule has 0 radical (unpaired) electrons. The minimum atomic E-state index is -2.89. The fourth-order valence-electron chi connectivity index (χ4n) is 2.80. The third kappa shape index (κ3) is 6.72. The summed E-state index contributed by atoms with van der Waals surface area (Å²) >= 11 is 0. The van der Waals surface area contributed by atoms with Crippen LogP contribution in [0.1, 0.15) is 52.4 Å². The molecule has 1 saturated carbocycles. The van der Waals surface area contributed by atoms with Crippen LogP contribution in [0.4, 0.5) is 0 Å². The van der Waals surface area contributed by atoms with Gasteiger partial charge in [-0.25, -0.2) is 8.42 Å². The van der Waals surface area contributed by atoms with Gasteiger partial charge in [-0.1, -0.05) is 19.8 Å². The number of hydrogen-bond donors (Lipinski definition) is 2. The lowest BCUT2D eigenvalue weighted by atomic mass is 9.83. The van der Waals surface area contributed by atoms with Crippen LogP contribution in [0.2, 0.25) is 0 Å². The van der Waals surface area contributed by atoms with Gasteiger partial charge < -0.3 is 10.4 Å². The highest BCUT2D eigenvalue weighted by molar-refractivity contribution is 7.91. The summed E-state index contributed by atoms with van der Waals surface area (Å²) in [6.07, 6.45) is 6.41. The van der Waals surface area contributed by atoms with E-state index < -0.39 is 9.84 Å². The molecule has 0 saturated heterocycles. The van der Waals surface area contributed by atoms with Crippen molar-refractivity contribution in [2.75, 3.05) is 18.1 Å². The second-order valence-corrected chi connectivity index (χ2v) is 8.21. The molecule has 0 amide bonds. The molecule has 114 valence electrons. The average Bonchev–Trinajstić information content (AvgIpc) is 2.36. The third-order valence-corrected chi connectivity index (χ3v) is 5.94. The highest BCUT2D eigenvalue weighted by Crippen LogP contribution is 2.27. The van der Waals surface area contributed by atoms with Gasteiger partial charge in [0.15, 0.2) is 9.84 Å². The Balaban J connectivity index is 2.13. The number of hydrogen-bond acceptors (Lipinski definition) is 4. The molecule has 0 spiro atoms. The van der Waals surface area contributed by atoms with Gasteiger partial charge in [0.25, 0.3) is 0 Å². The van der Waals surface area contributed by atoms with Crippen LogP contribution in [-0.4, -0.2) is 43.7 Å². The highest BCUT2D eigenvalue weighted by Gasteiger charge is 2.22. The van der Waals surface area contributed by atoms with Crippen LogP contribution in [0.3, 0.4) is 0 Å². The Morgan fingerprint density at radius 1 is 1.32 bits per heavy atom. The topological polar surface area (TPSA) is 66.4 Å². The quantitative estimate of drug-likeness (QED) is 0.668. The Labute approximate surface area is 117 Å². The second-order valence-electron chi connectivity index (χ2n) is 5.81. The second kappa shape index (κ2) is 8.22. The van der Waals surface area contributed by atoms with Gasteiger partial charge in [-0.15, -0.1) is 0 Å². The van der Waals surface area contributed by atoms with Crippen molar-refractivity contribution in [1.29, 1.82) is 0 Å². The number of sulfone groups is 1. The molecule has 5 heteroatoms. The van der Waals surface area contributed by atoms with Crippen LogP contribution < -0.4 is 5.32 Å². The van der Waals surface area contributed by atoms with Gasteiger partial charge in [0.2, 0.25) is 0 Å². The molecule has 2 N–H and O–H groups in total.